The van der Waals surface area contributed by atoms with Crippen LogP contribution in [0.25, 0.3) is 0 Å². The number of rotatable bonds is 5. The van der Waals surface area contributed by atoms with Gasteiger partial charge in [0.25, 0.3) is 0 Å². The molecule has 0 aromatic rings. The third kappa shape index (κ3) is 5.38. The highest BCUT2D eigenvalue weighted by atomic mass is 16.1. The molecule has 0 saturated heterocycles. The van der Waals surface area contributed by atoms with Crippen molar-refractivity contribution in [3.63, 3.8) is 0 Å². The van der Waals surface area contributed by atoms with Gasteiger partial charge in [0, 0.05) is 18.5 Å². The minimum Gasteiger partial charge on any atom is -0.355 e. The predicted molar refractivity (Wildman–Crippen MR) is 76.2 cm³/mol. The number of nitrogens with two attached hydrogens (primary N) is 1. The first-order valence-corrected chi connectivity index (χ1v) is 7.33. The van der Waals surface area contributed by atoms with Crippen LogP contribution in [-0.2, 0) is 4.79 Å². The summed E-state index contributed by atoms with van der Waals surface area (Å²) in [6.07, 6.45) is 5.16. The predicted octanol–water partition coefficient (Wildman–Crippen LogP) is 2.69. The Bertz CT molecular complexity index is 274. The summed E-state index contributed by atoms with van der Waals surface area (Å²) in [5, 5.41) is 3.12. The lowest BCUT2D eigenvalue weighted by Crippen LogP contribution is -2.41. The molecule has 3 heteroatoms. The van der Waals surface area contributed by atoms with Crippen molar-refractivity contribution in [3.8, 4) is 0 Å². The molecule has 0 aromatic carbocycles. The highest BCUT2D eigenvalue weighted by Gasteiger charge is 2.27. The van der Waals surface area contributed by atoms with E-state index in [4.69, 9.17) is 5.73 Å². The monoisotopic (exact) mass is 254 g/mol. The Hall–Kier alpha value is -0.570. The Morgan fingerprint density at radius 2 is 2.06 bits per heavy atom. The molecule has 3 N–H and O–H groups in total. The van der Waals surface area contributed by atoms with Crippen LogP contribution in [0.3, 0.4) is 0 Å². The number of hydrogen-bond donors (Lipinski definition) is 2. The van der Waals surface area contributed by atoms with E-state index in [-0.39, 0.29) is 23.3 Å². The zero-order chi connectivity index (χ0) is 13.8. The number of carbonyl (C=O) groups excluding carboxylic acids is 1. The summed E-state index contributed by atoms with van der Waals surface area (Å²) < 4.78 is 0. The molecular weight excluding hydrogens is 224 g/mol. The molecule has 1 aliphatic carbocycles. The standard InChI is InChI=1S/C15H30N2O/c1-11(2)9-15(3,4)10-17-14(18)12-6-5-7-13(16)8-12/h11-13H,5-10,16H2,1-4H3,(H,17,18). The molecule has 0 aromatic heterocycles. The van der Waals surface area contributed by atoms with Gasteiger partial charge in [-0.05, 0) is 37.0 Å². The van der Waals surface area contributed by atoms with Crippen molar-refractivity contribution >= 4 is 5.91 Å². The molecule has 1 aliphatic rings. The molecule has 2 atom stereocenters. The number of nitrogens with one attached hydrogen (secondary N) is 1. The Morgan fingerprint density at radius 3 is 2.61 bits per heavy atom. The molecule has 0 heterocycles. The minimum atomic E-state index is 0.142. The maximum absolute atomic E-state index is 12.1. The van der Waals surface area contributed by atoms with E-state index in [9.17, 15) is 4.79 Å². The van der Waals surface area contributed by atoms with Crippen LogP contribution in [0.1, 0.15) is 59.8 Å². The fourth-order valence-corrected chi connectivity index (χ4v) is 3.11. The molecule has 1 amide bonds. The van der Waals surface area contributed by atoms with Gasteiger partial charge in [-0.15, -0.1) is 0 Å². The van der Waals surface area contributed by atoms with Crippen molar-refractivity contribution in [2.45, 2.75) is 65.8 Å². The number of amides is 1. The second kappa shape index (κ2) is 6.55. The van der Waals surface area contributed by atoms with Crippen molar-refractivity contribution < 1.29 is 4.79 Å². The third-order valence-corrected chi connectivity index (χ3v) is 3.79. The van der Waals surface area contributed by atoms with Crippen LogP contribution in [0, 0.1) is 17.3 Å². The van der Waals surface area contributed by atoms with Gasteiger partial charge >= 0.3 is 0 Å². The maximum atomic E-state index is 12.1. The highest BCUT2D eigenvalue weighted by Crippen LogP contribution is 2.26. The average Bonchev–Trinajstić information content (AvgIpc) is 2.24. The van der Waals surface area contributed by atoms with Gasteiger partial charge in [0.1, 0.15) is 0 Å². The smallest absolute Gasteiger partial charge is 0.223 e. The van der Waals surface area contributed by atoms with Gasteiger partial charge < -0.3 is 11.1 Å². The Balaban J connectivity index is 2.36. The molecule has 106 valence electrons. The Morgan fingerprint density at radius 1 is 1.39 bits per heavy atom. The molecule has 3 nitrogen and oxygen atoms in total. The summed E-state index contributed by atoms with van der Waals surface area (Å²) in [5.74, 6) is 1.02. The summed E-state index contributed by atoms with van der Waals surface area (Å²) in [5.41, 5.74) is 6.11. The maximum Gasteiger partial charge on any atom is 0.223 e. The number of carbonyl (C=O) groups is 1. The summed E-state index contributed by atoms with van der Waals surface area (Å²) in [6.45, 7) is 9.67. The molecule has 0 radical (unpaired) electrons. The van der Waals surface area contributed by atoms with Crippen LogP contribution in [0.5, 0.6) is 0 Å². The summed E-state index contributed by atoms with van der Waals surface area (Å²) in [6, 6.07) is 0.221. The zero-order valence-corrected chi connectivity index (χ0v) is 12.5. The van der Waals surface area contributed by atoms with E-state index in [1.165, 1.54) is 0 Å². The van der Waals surface area contributed by atoms with Crippen LogP contribution in [0.15, 0.2) is 0 Å². The van der Waals surface area contributed by atoms with Gasteiger partial charge in [-0.2, -0.15) is 0 Å². The zero-order valence-electron chi connectivity index (χ0n) is 12.5. The van der Waals surface area contributed by atoms with Crippen molar-refractivity contribution in [1.29, 1.82) is 0 Å². The molecule has 1 rings (SSSR count). The van der Waals surface area contributed by atoms with Crippen molar-refractivity contribution in [3.05, 3.63) is 0 Å². The van der Waals surface area contributed by atoms with Crippen LogP contribution >= 0.6 is 0 Å². The lowest BCUT2D eigenvalue weighted by molar-refractivity contribution is -0.126. The van der Waals surface area contributed by atoms with Crippen LogP contribution in [0.2, 0.25) is 0 Å². The second-order valence-electron chi connectivity index (χ2n) is 7.10. The fourth-order valence-electron chi connectivity index (χ4n) is 3.11. The van der Waals surface area contributed by atoms with E-state index in [1.54, 1.807) is 0 Å². The van der Waals surface area contributed by atoms with Crippen LogP contribution in [0.4, 0.5) is 0 Å². The van der Waals surface area contributed by atoms with E-state index in [0.717, 1.165) is 38.6 Å². The van der Waals surface area contributed by atoms with Gasteiger partial charge in [0.15, 0.2) is 0 Å². The van der Waals surface area contributed by atoms with E-state index in [2.05, 4.69) is 33.0 Å². The highest BCUT2D eigenvalue weighted by molar-refractivity contribution is 5.78. The van der Waals surface area contributed by atoms with Crippen molar-refractivity contribution in [1.82, 2.24) is 5.32 Å². The van der Waals surface area contributed by atoms with Crippen molar-refractivity contribution in [2.75, 3.05) is 6.54 Å². The molecule has 0 bridgehead atoms. The van der Waals surface area contributed by atoms with E-state index < -0.39 is 0 Å². The third-order valence-electron chi connectivity index (χ3n) is 3.79. The Labute approximate surface area is 112 Å². The van der Waals surface area contributed by atoms with Gasteiger partial charge in [-0.3, -0.25) is 4.79 Å². The SMILES string of the molecule is CC(C)CC(C)(C)CNC(=O)C1CCCC(N)C1. The molecular formula is C15H30N2O. The molecule has 0 spiro atoms. The van der Waals surface area contributed by atoms with Crippen molar-refractivity contribution in [2.24, 2.45) is 23.0 Å². The first kappa shape index (κ1) is 15.5. The van der Waals surface area contributed by atoms with Crippen LogP contribution < -0.4 is 11.1 Å². The van der Waals surface area contributed by atoms with E-state index in [1.807, 2.05) is 0 Å². The first-order chi connectivity index (χ1) is 8.30. The molecule has 1 fully saturated rings. The second-order valence-corrected chi connectivity index (χ2v) is 7.10. The van der Waals surface area contributed by atoms with E-state index in [0.29, 0.717) is 5.92 Å². The van der Waals surface area contributed by atoms with Gasteiger partial charge in [0.2, 0.25) is 5.91 Å². The summed E-state index contributed by atoms with van der Waals surface area (Å²) in [7, 11) is 0. The average molecular weight is 254 g/mol. The van der Waals surface area contributed by atoms with Gasteiger partial charge in [-0.25, -0.2) is 0 Å². The lowest BCUT2D eigenvalue weighted by Gasteiger charge is -2.30. The number of hydrogen-bond acceptors (Lipinski definition) is 2. The molecule has 18 heavy (non-hydrogen) atoms. The van der Waals surface area contributed by atoms with Crippen LogP contribution in [-0.4, -0.2) is 18.5 Å². The summed E-state index contributed by atoms with van der Waals surface area (Å²) >= 11 is 0. The van der Waals surface area contributed by atoms with E-state index >= 15 is 0 Å². The normalized spacial score (nSPS) is 25.2. The molecule has 1 saturated carbocycles. The largest absolute Gasteiger partial charge is 0.355 e. The topological polar surface area (TPSA) is 55.1 Å². The molecule has 2 unspecified atom stereocenters. The summed E-state index contributed by atoms with van der Waals surface area (Å²) in [4.78, 5) is 12.1. The lowest BCUT2D eigenvalue weighted by atomic mass is 9.83. The minimum absolute atomic E-state index is 0.142. The van der Waals surface area contributed by atoms with Gasteiger partial charge in [-0.1, -0.05) is 34.1 Å². The molecule has 0 aliphatic heterocycles. The fraction of sp³-hybridized carbons (Fsp3) is 0.933. The Kier molecular flexibility index (Phi) is 5.64. The van der Waals surface area contributed by atoms with Gasteiger partial charge in [0.05, 0.1) is 0 Å². The first-order valence-electron chi connectivity index (χ1n) is 7.33. The quantitative estimate of drug-likeness (QED) is 0.792.